The van der Waals surface area contributed by atoms with Gasteiger partial charge in [-0.2, -0.15) is 0 Å². The number of anilines is 1. The molecule has 22 heavy (non-hydrogen) atoms. The third-order valence-corrected chi connectivity index (χ3v) is 4.18. The Balaban J connectivity index is 0.00000242. The summed E-state index contributed by atoms with van der Waals surface area (Å²) in [6.07, 6.45) is 0. The summed E-state index contributed by atoms with van der Waals surface area (Å²) >= 11 is 1.63. The maximum Gasteiger partial charge on any atom is 0.193 e. The van der Waals surface area contributed by atoms with E-state index in [1.165, 1.54) is 11.1 Å². The molecule has 1 aromatic heterocycles. The van der Waals surface area contributed by atoms with Gasteiger partial charge < -0.3 is 11.1 Å². The molecule has 6 heteroatoms. The van der Waals surface area contributed by atoms with Crippen molar-refractivity contribution >= 4 is 47.0 Å². The van der Waals surface area contributed by atoms with Gasteiger partial charge in [-0.05, 0) is 43.0 Å². The summed E-state index contributed by atoms with van der Waals surface area (Å²) in [5.74, 6) is 0.865. The fraction of sp³-hybridized carbons (Fsp3) is 0.375. The van der Waals surface area contributed by atoms with E-state index in [-0.39, 0.29) is 24.0 Å². The average molecular weight is 430 g/mol. The average Bonchev–Trinajstić information content (AvgIpc) is 2.90. The number of guanidine groups is 1. The molecule has 0 aliphatic heterocycles. The van der Waals surface area contributed by atoms with Crippen molar-refractivity contribution in [2.75, 3.05) is 5.32 Å². The number of halogens is 1. The van der Waals surface area contributed by atoms with E-state index in [2.05, 4.69) is 60.5 Å². The van der Waals surface area contributed by atoms with E-state index < -0.39 is 0 Å². The molecule has 0 amide bonds. The first kappa shape index (κ1) is 18.9. The van der Waals surface area contributed by atoms with Crippen LogP contribution in [0.3, 0.4) is 0 Å². The summed E-state index contributed by atoms with van der Waals surface area (Å²) < 4.78 is 0. The molecule has 0 saturated carbocycles. The maximum atomic E-state index is 5.92. The summed E-state index contributed by atoms with van der Waals surface area (Å²) in [6, 6.07) is 6.14. The lowest BCUT2D eigenvalue weighted by Crippen LogP contribution is -2.22. The molecule has 2 rings (SSSR count). The van der Waals surface area contributed by atoms with Crippen molar-refractivity contribution in [1.82, 2.24) is 4.98 Å². The van der Waals surface area contributed by atoms with E-state index in [0.29, 0.717) is 18.4 Å². The lowest BCUT2D eigenvalue weighted by molar-refractivity contribution is 0.821. The number of hydrogen-bond donors (Lipinski definition) is 2. The topological polar surface area (TPSA) is 63.3 Å². The summed E-state index contributed by atoms with van der Waals surface area (Å²) in [5.41, 5.74) is 10.5. The third kappa shape index (κ3) is 5.24. The van der Waals surface area contributed by atoms with Crippen LogP contribution >= 0.6 is 35.3 Å². The van der Waals surface area contributed by atoms with E-state index in [1.807, 2.05) is 6.07 Å². The minimum atomic E-state index is 0. The van der Waals surface area contributed by atoms with Crippen molar-refractivity contribution in [2.45, 2.75) is 40.2 Å². The van der Waals surface area contributed by atoms with Crippen LogP contribution in [0.4, 0.5) is 5.69 Å². The predicted octanol–water partition coefficient (Wildman–Crippen LogP) is 4.43. The highest BCUT2D eigenvalue weighted by atomic mass is 127. The first-order chi connectivity index (χ1) is 9.95. The molecule has 1 heterocycles. The molecule has 0 spiro atoms. The zero-order valence-corrected chi connectivity index (χ0v) is 16.5. The second-order valence-corrected chi connectivity index (χ2v) is 6.39. The van der Waals surface area contributed by atoms with E-state index in [9.17, 15) is 0 Å². The summed E-state index contributed by atoms with van der Waals surface area (Å²) in [5, 5.41) is 6.19. The van der Waals surface area contributed by atoms with Gasteiger partial charge in [-0.1, -0.05) is 19.9 Å². The molecule has 1 aromatic carbocycles. The normalized spacial score (nSPS) is 11.4. The Morgan fingerprint density at radius 3 is 2.64 bits per heavy atom. The largest absolute Gasteiger partial charge is 0.370 e. The molecule has 0 bridgehead atoms. The molecule has 0 atom stereocenters. The molecule has 120 valence electrons. The number of aromatic nitrogens is 1. The van der Waals surface area contributed by atoms with Crippen molar-refractivity contribution < 1.29 is 0 Å². The van der Waals surface area contributed by atoms with Crippen molar-refractivity contribution in [2.24, 2.45) is 10.7 Å². The van der Waals surface area contributed by atoms with E-state index in [4.69, 9.17) is 5.73 Å². The summed E-state index contributed by atoms with van der Waals surface area (Å²) in [6.45, 7) is 8.96. The van der Waals surface area contributed by atoms with Crippen LogP contribution in [0, 0.1) is 13.8 Å². The number of aliphatic imine (C=N–C) groups is 1. The van der Waals surface area contributed by atoms with Crippen LogP contribution in [0.1, 0.15) is 41.6 Å². The molecule has 4 nitrogen and oxygen atoms in total. The van der Waals surface area contributed by atoms with Gasteiger partial charge in [-0.25, -0.2) is 9.98 Å². The van der Waals surface area contributed by atoms with Crippen LogP contribution in [0.15, 0.2) is 28.6 Å². The lowest BCUT2D eigenvalue weighted by atomic mass is 10.1. The van der Waals surface area contributed by atoms with Gasteiger partial charge in [-0.3, -0.25) is 0 Å². The molecule has 3 N–H and O–H groups in total. The number of nitrogens with zero attached hydrogens (tertiary/aromatic N) is 2. The molecule has 2 aromatic rings. The molecule has 0 fully saturated rings. The van der Waals surface area contributed by atoms with Crippen molar-refractivity contribution in [3.8, 4) is 0 Å². The molecular weight excluding hydrogens is 407 g/mol. The minimum absolute atomic E-state index is 0. The number of nitrogens with two attached hydrogens (primary N) is 1. The zero-order valence-electron chi connectivity index (χ0n) is 13.4. The molecule has 0 aliphatic carbocycles. The Morgan fingerprint density at radius 2 is 2.05 bits per heavy atom. The van der Waals surface area contributed by atoms with Gasteiger partial charge in [0.05, 0.1) is 12.2 Å². The first-order valence-electron chi connectivity index (χ1n) is 7.04. The van der Waals surface area contributed by atoms with Crippen LogP contribution in [0.2, 0.25) is 0 Å². The second kappa shape index (κ2) is 8.47. The number of thiazole rings is 1. The monoisotopic (exact) mass is 430 g/mol. The van der Waals surface area contributed by atoms with E-state index in [1.54, 1.807) is 11.3 Å². The highest BCUT2D eigenvalue weighted by Crippen LogP contribution is 2.18. The molecule has 0 saturated heterocycles. The molecular formula is C16H23IN4S. The molecule has 0 aliphatic rings. The third-order valence-electron chi connectivity index (χ3n) is 3.33. The lowest BCUT2D eigenvalue weighted by Gasteiger charge is -2.07. The first-order valence-corrected chi connectivity index (χ1v) is 7.92. The number of benzene rings is 1. The number of rotatable bonds is 4. The Labute approximate surface area is 153 Å². The smallest absolute Gasteiger partial charge is 0.193 e. The number of aryl methyl sites for hydroxylation is 2. The van der Waals surface area contributed by atoms with Crippen molar-refractivity contribution in [3.05, 3.63) is 45.4 Å². The second-order valence-electron chi connectivity index (χ2n) is 5.45. The van der Waals surface area contributed by atoms with Crippen molar-refractivity contribution in [3.63, 3.8) is 0 Å². The standard InChI is InChI=1S/C16H22N4S.HI/c1-10(2)14-9-21-15(20-14)8-18-16(17)19-13-6-5-11(3)12(4)7-13;/h5-7,9-10H,8H2,1-4H3,(H3,17,18,19);1H. The number of nitrogens with one attached hydrogen (secondary N) is 1. The summed E-state index contributed by atoms with van der Waals surface area (Å²) in [4.78, 5) is 8.89. The van der Waals surface area contributed by atoms with E-state index >= 15 is 0 Å². The predicted molar refractivity (Wildman–Crippen MR) is 106 cm³/mol. The van der Waals surface area contributed by atoms with Crippen LogP contribution in [-0.2, 0) is 6.54 Å². The number of hydrogen-bond acceptors (Lipinski definition) is 3. The van der Waals surface area contributed by atoms with Gasteiger partial charge in [-0.15, -0.1) is 35.3 Å². The Kier molecular flexibility index (Phi) is 7.28. The van der Waals surface area contributed by atoms with E-state index in [0.717, 1.165) is 16.4 Å². The minimum Gasteiger partial charge on any atom is -0.370 e. The van der Waals surface area contributed by atoms with Gasteiger partial charge in [0, 0.05) is 11.1 Å². The van der Waals surface area contributed by atoms with Crippen LogP contribution in [-0.4, -0.2) is 10.9 Å². The SMILES string of the molecule is Cc1ccc(NC(N)=NCc2nc(C(C)C)cs2)cc1C.I. The fourth-order valence-corrected chi connectivity index (χ4v) is 2.70. The van der Waals surface area contributed by atoms with Crippen LogP contribution < -0.4 is 11.1 Å². The van der Waals surface area contributed by atoms with Crippen LogP contribution in [0.25, 0.3) is 0 Å². The highest BCUT2D eigenvalue weighted by Gasteiger charge is 2.05. The maximum absolute atomic E-state index is 5.92. The van der Waals surface area contributed by atoms with Crippen molar-refractivity contribution in [1.29, 1.82) is 0 Å². The molecule has 0 radical (unpaired) electrons. The fourth-order valence-electron chi connectivity index (χ4n) is 1.82. The van der Waals surface area contributed by atoms with Gasteiger partial charge in [0.15, 0.2) is 5.96 Å². The molecule has 0 unspecified atom stereocenters. The van der Waals surface area contributed by atoms with Gasteiger partial charge in [0.25, 0.3) is 0 Å². The van der Waals surface area contributed by atoms with Gasteiger partial charge in [0.2, 0.25) is 0 Å². The quantitative estimate of drug-likeness (QED) is 0.429. The van der Waals surface area contributed by atoms with Gasteiger partial charge >= 0.3 is 0 Å². The zero-order chi connectivity index (χ0) is 15.4. The summed E-state index contributed by atoms with van der Waals surface area (Å²) in [7, 11) is 0. The Morgan fingerprint density at radius 1 is 1.32 bits per heavy atom. The van der Waals surface area contributed by atoms with Crippen LogP contribution in [0.5, 0.6) is 0 Å². The Hall–Kier alpha value is -1.15. The van der Waals surface area contributed by atoms with Gasteiger partial charge in [0.1, 0.15) is 5.01 Å². The Bertz CT molecular complexity index is 649. The highest BCUT2D eigenvalue weighted by molar-refractivity contribution is 14.0.